The highest BCUT2D eigenvalue weighted by Crippen LogP contribution is 2.32. The Kier molecular flexibility index (Phi) is 4.39. The third-order valence-corrected chi connectivity index (χ3v) is 3.40. The number of hydrogen-bond acceptors (Lipinski definition) is 4. The summed E-state index contributed by atoms with van der Waals surface area (Å²) in [6.45, 7) is 2.10. The number of nitrogens with one attached hydrogen (secondary N) is 1. The van der Waals surface area contributed by atoms with Crippen LogP contribution in [0.1, 0.15) is 19.0 Å². The Hall–Kier alpha value is -1.88. The molecule has 0 spiro atoms. The number of rotatable bonds is 5. The van der Waals surface area contributed by atoms with Gasteiger partial charge < -0.3 is 15.8 Å². The summed E-state index contributed by atoms with van der Waals surface area (Å²) in [6.07, 6.45) is 1.85. The second-order valence-electron chi connectivity index (χ2n) is 4.55. The molecule has 0 saturated carbocycles. The third kappa shape index (κ3) is 2.82. The summed E-state index contributed by atoms with van der Waals surface area (Å²) < 4.78 is 6.93. The molecule has 0 amide bonds. The predicted molar refractivity (Wildman–Crippen MR) is 82.9 cm³/mol. The zero-order valence-electron chi connectivity index (χ0n) is 11.9. The van der Waals surface area contributed by atoms with Gasteiger partial charge in [-0.05, 0) is 18.6 Å². The lowest BCUT2D eigenvalue weighted by Gasteiger charge is -2.11. The summed E-state index contributed by atoms with van der Waals surface area (Å²) in [5.41, 5.74) is 8.44. The van der Waals surface area contributed by atoms with Gasteiger partial charge in [-0.3, -0.25) is 4.68 Å². The molecule has 1 aromatic carbocycles. The molecule has 108 valence electrons. The maximum absolute atomic E-state index is 6.19. The molecule has 6 heteroatoms. The summed E-state index contributed by atoms with van der Waals surface area (Å²) in [5, 5.41) is 8.25. The van der Waals surface area contributed by atoms with Gasteiger partial charge in [0.05, 0.1) is 29.2 Å². The van der Waals surface area contributed by atoms with Crippen LogP contribution in [0.15, 0.2) is 18.2 Å². The standard InChI is InChI=1S/C14H19ClN4O/c1-4-5-11-13(16)14(19(2)18-11)17-12-8-9(20-3)6-7-10(12)15/h6-8,17H,4-5,16H2,1-3H3. The first-order valence-corrected chi connectivity index (χ1v) is 6.86. The number of anilines is 3. The molecule has 0 atom stereocenters. The number of aromatic nitrogens is 2. The van der Waals surface area contributed by atoms with Crippen molar-refractivity contribution in [3.05, 3.63) is 28.9 Å². The van der Waals surface area contributed by atoms with E-state index in [1.165, 1.54) is 0 Å². The minimum atomic E-state index is 0.600. The number of hydrogen-bond donors (Lipinski definition) is 2. The fourth-order valence-corrected chi connectivity index (χ4v) is 2.19. The molecule has 0 unspecified atom stereocenters. The van der Waals surface area contributed by atoms with Gasteiger partial charge in [-0.25, -0.2) is 0 Å². The molecule has 0 radical (unpaired) electrons. The molecule has 3 N–H and O–H groups in total. The van der Waals surface area contributed by atoms with E-state index >= 15 is 0 Å². The average molecular weight is 295 g/mol. The van der Waals surface area contributed by atoms with Gasteiger partial charge in [0.15, 0.2) is 5.82 Å². The Morgan fingerprint density at radius 3 is 2.85 bits per heavy atom. The number of methoxy groups -OCH3 is 1. The van der Waals surface area contributed by atoms with Crippen LogP contribution in [0.25, 0.3) is 0 Å². The molecule has 0 saturated heterocycles. The molecule has 0 aliphatic heterocycles. The Balaban J connectivity index is 2.34. The van der Waals surface area contributed by atoms with Gasteiger partial charge in [-0.15, -0.1) is 0 Å². The van der Waals surface area contributed by atoms with Crippen molar-refractivity contribution >= 4 is 28.8 Å². The zero-order chi connectivity index (χ0) is 14.7. The van der Waals surface area contributed by atoms with Crippen molar-refractivity contribution in [3.8, 4) is 5.75 Å². The largest absolute Gasteiger partial charge is 0.497 e. The van der Waals surface area contributed by atoms with Crippen LogP contribution in [0.2, 0.25) is 5.02 Å². The smallest absolute Gasteiger partial charge is 0.152 e. The van der Waals surface area contributed by atoms with Crippen LogP contribution in [0.5, 0.6) is 5.75 Å². The van der Waals surface area contributed by atoms with Gasteiger partial charge in [0.2, 0.25) is 0 Å². The first kappa shape index (κ1) is 14.5. The lowest BCUT2D eigenvalue weighted by atomic mass is 10.2. The number of ether oxygens (including phenoxy) is 1. The van der Waals surface area contributed by atoms with Crippen LogP contribution in [-0.2, 0) is 13.5 Å². The molecule has 0 aliphatic carbocycles. The van der Waals surface area contributed by atoms with Crippen LogP contribution in [0, 0.1) is 0 Å². The molecular weight excluding hydrogens is 276 g/mol. The monoisotopic (exact) mass is 294 g/mol. The van der Waals surface area contributed by atoms with E-state index in [0.717, 1.165) is 35.8 Å². The second kappa shape index (κ2) is 6.05. The lowest BCUT2D eigenvalue weighted by molar-refractivity contribution is 0.415. The van der Waals surface area contributed by atoms with E-state index in [0.29, 0.717) is 10.7 Å². The van der Waals surface area contributed by atoms with Crippen molar-refractivity contribution in [1.82, 2.24) is 9.78 Å². The summed E-state index contributed by atoms with van der Waals surface area (Å²) in [4.78, 5) is 0. The van der Waals surface area contributed by atoms with E-state index in [2.05, 4.69) is 17.3 Å². The van der Waals surface area contributed by atoms with Crippen LogP contribution in [0.3, 0.4) is 0 Å². The molecule has 5 nitrogen and oxygen atoms in total. The fraction of sp³-hybridized carbons (Fsp3) is 0.357. The third-order valence-electron chi connectivity index (χ3n) is 3.07. The molecule has 0 bridgehead atoms. The molecule has 2 rings (SSSR count). The molecule has 2 aromatic rings. The van der Waals surface area contributed by atoms with Gasteiger partial charge in [0.25, 0.3) is 0 Å². The number of nitrogens with zero attached hydrogens (tertiary/aromatic N) is 2. The molecule has 1 heterocycles. The highest BCUT2D eigenvalue weighted by atomic mass is 35.5. The number of aryl methyl sites for hydroxylation is 2. The van der Waals surface area contributed by atoms with Gasteiger partial charge in [0, 0.05) is 13.1 Å². The van der Waals surface area contributed by atoms with E-state index in [4.69, 9.17) is 22.1 Å². The minimum Gasteiger partial charge on any atom is -0.497 e. The van der Waals surface area contributed by atoms with Crippen molar-refractivity contribution in [2.24, 2.45) is 7.05 Å². The van der Waals surface area contributed by atoms with Gasteiger partial charge in [0.1, 0.15) is 5.75 Å². The predicted octanol–water partition coefficient (Wildman–Crippen LogP) is 3.36. The van der Waals surface area contributed by atoms with Crippen molar-refractivity contribution in [1.29, 1.82) is 0 Å². The van der Waals surface area contributed by atoms with Crippen molar-refractivity contribution in [2.75, 3.05) is 18.2 Å². The van der Waals surface area contributed by atoms with Crippen LogP contribution in [-0.4, -0.2) is 16.9 Å². The van der Waals surface area contributed by atoms with E-state index in [1.54, 1.807) is 17.9 Å². The van der Waals surface area contributed by atoms with E-state index in [1.807, 2.05) is 19.2 Å². The van der Waals surface area contributed by atoms with Gasteiger partial charge in [-0.2, -0.15) is 5.10 Å². The Morgan fingerprint density at radius 1 is 1.45 bits per heavy atom. The number of nitrogen functional groups attached to an aromatic ring is 1. The Morgan fingerprint density at radius 2 is 2.20 bits per heavy atom. The van der Waals surface area contributed by atoms with Gasteiger partial charge in [-0.1, -0.05) is 24.9 Å². The fourth-order valence-electron chi connectivity index (χ4n) is 2.02. The summed E-state index contributed by atoms with van der Waals surface area (Å²) in [5.74, 6) is 1.47. The van der Waals surface area contributed by atoms with Crippen molar-refractivity contribution in [2.45, 2.75) is 19.8 Å². The SMILES string of the molecule is CCCc1nn(C)c(Nc2cc(OC)ccc2Cl)c1N. The highest BCUT2D eigenvalue weighted by Gasteiger charge is 2.14. The first-order chi connectivity index (χ1) is 9.56. The quantitative estimate of drug-likeness (QED) is 0.887. The average Bonchev–Trinajstić information content (AvgIpc) is 2.69. The number of benzene rings is 1. The highest BCUT2D eigenvalue weighted by molar-refractivity contribution is 6.33. The summed E-state index contributed by atoms with van der Waals surface area (Å²) in [6, 6.07) is 5.42. The Bertz CT molecular complexity index is 609. The summed E-state index contributed by atoms with van der Waals surface area (Å²) in [7, 11) is 3.47. The van der Waals surface area contributed by atoms with Crippen molar-refractivity contribution in [3.63, 3.8) is 0 Å². The van der Waals surface area contributed by atoms with E-state index in [9.17, 15) is 0 Å². The molecular formula is C14H19ClN4O. The molecule has 0 aliphatic rings. The van der Waals surface area contributed by atoms with Crippen LogP contribution in [0.4, 0.5) is 17.2 Å². The maximum atomic E-state index is 6.19. The number of nitrogens with two attached hydrogens (primary N) is 1. The van der Waals surface area contributed by atoms with Crippen molar-refractivity contribution < 1.29 is 4.74 Å². The van der Waals surface area contributed by atoms with E-state index < -0.39 is 0 Å². The molecule has 20 heavy (non-hydrogen) atoms. The maximum Gasteiger partial charge on any atom is 0.152 e. The molecule has 1 aromatic heterocycles. The van der Waals surface area contributed by atoms with Crippen LogP contribution >= 0.6 is 11.6 Å². The Labute approximate surface area is 123 Å². The van der Waals surface area contributed by atoms with E-state index in [-0.39, 0.29) is 0 Å². The minimum absolute atomic E-state index is 0.600. The topological polar surface area (TPSA) is 65.1 Å². The number of halogens is 1. The summed E-state index contributed by atoms with van der Waals surface area (Å²) >= 11 is 6.19. The second-order valence-corrected chi connectivity index (χ2v) is 4.96. The van der Waals surface area contributed by atoms with Crippen LogP contribution < -0.4 is 15.8 Å². The first-order valence-electron chi connectivity index (χ1n) is 6.48. The zero-order valence-corrected chi connectivity index (χ0v) is 12.7. The normalized spacial score (nSPS) is 10.6. The lowest BCUT2D eigenvalue weighted by Crippen LogP contribution is -2.02. The van der Waals surface area contributed by atoms with Gasteiger partial charge >= 0.3 is 0 Å². The molecule has 0 fully saturated rings.